The lowest BCUT2D eigenvalue weighted by Crippen LogP contribution is -2.33. The van der Waals surface area contributed by atoms with E-state index in [9.17, 15) is 12.8 Å². The first kappa shape index (κ1) is 18.4. The van der Waals surface area contributed by atoms with E-state index in [4.69, 9.17) is 4.74 Å². The normalized spacial score (nSPS) is 12.8. The summed E-state index contributed by atoms with van der Waals surface area (Å²) in [5, 5.41) is 0. The second-order valence-electron chi connectivity index (χ2n) is 5.76. The van der Waals surface area contributed by atoms with Crippen LogP contribution < -0.4 is 9.46 Å². The minimum atomic E-state index is -3.40. The molecule has 1 unspecified atom stereocenters. The fourth-order valence-corrected chi connectivity index (χ4v) is 3.22. The molecular formula is C18H22FNO3S. The summed E-state index contributed by atoms with van der Waals surface area (Å²) in [6.07, 6.45) is 0.815. The average Bonchev–Trinajstić information content (AvgIpc) is 2.56. The predicted molar refractivity (Wildman–Crippen MR) is 93.0 cm³/mol. The minimum absolute atomic E-state index is 0.0219. The third-order valence-electron chi connectivity index (χ3n) is 3.51. The number of ether oxygens (including phenoxy) is 1. The molecule has 1 N–H and O–H groups in total. The molecule has 4 nitrogen and oxygen atoms in total. The van der Waals surface area contributed by atoms with Crippen LogP contribution >= 0.6 is 0 Å². The van der Waals surface area contributed by atoms with Gasteiger partial charge in [0, 0.05) is 6.54 Å². The summed E-state index contributed by atoms with van der Waals surface area (Å²) in [5.41, 5.74) is 1.18. The van der Waals surface area contributed by atoms with E-state index in [1.807, 2.05) is 37.3 Å². The van der Waals surface area contributed by atoms with Crippen LogP contribution in [0.5, 0.6) is 5.75 Å². The van der Waals surface area contributed by atoms with Crippen LogP contribution in [0.4, 0.5) is 4.39 Å². The van der Waals surface area contributed by atoms with Gasteiger partial charge in [-0.15, -0.1) is 0 Å². The van der Waals surface area contributed by atoms with Gasteiger partial charge in [0.1, 0.15) is 18.2 Å². The topological polar surface area (TPSA) is 55.4 Å². The molecule has 24 heavy (non-hydrogen) atoms. The van der Waals surface area contributed by atoms with E-state index in [0.29, 0.717) is 12.3 Å². The van der Waals surface area contributed by atoms with E-state index in [1.54, 1.807) is 0 Å². The number of hydrogen-bond acceptors (Lipinski definition) is 3. The summed E-state index contributed by atoms with van der Waals surface area (Å²) < 4.78 is 44.7. The van der Waals surface area contributed by atoms with Gasteiger partial charge in [0.25, 0.3) is 0 Å². The van der Waals surface area contributed by atoms with E-state index in [0.717, 1.165) is 6.42 Å². The predicted octanol–water partition coefficient (Wildman–Crippen LogP) is 3.00. The van der Waals surface area contributed by atoms with Crippen LogP contribution in [-0.2, 0) is 16.4 Å². The lowest BCUT2D eigenvalue weighted by atomic mass is 10.0. The summed E-state index contributed by atoms with van der Waals surface area (Å²) in [6.45, 7) is 2.41. The molecule has 1 atom stereocenters. The molecule has 130 valence electrons. The summed E-state index contributed by atoms with van der Waals surface area (Å²) in [4.78, 5) is 0. The maximum atomic E-state index is 12.8. The molecule has 2 aromatic carbocycles. The highest BCUT2D eigenvalue weighted by atomic mass is 32.2. The Bertz CT molecular complexity index is 718. The summed E-state index contributed by atoms with van der Waals surface area (Å²) in [7, 11) is -3.40. The van der Waals surface area contributed by atoms with Gasteiger partial charge in [-0.2, -0.15) is 0 Å². The maximum absolute atomic E-state index is 12.8. The summed E-state index contributed by atoms with van der Waals surface area (Å²) in [5.74, 6) is 0.149. The number of hydrogen-bond donors (Lipinski definition) is 1. The fraction of sp³-hybridized carbons (Fsp3) is 0.333. The first-order valence-corrected chi connectivity index (χ1v) is 9.49. The van der Waals surface area contributed by atoms with E-state index in [1.165, 1.54) is 29.8 Å². The molecule has 0 heterocycles. The van der Waals surface area contributed by atoms with Crippen molar-refractivity contribution in [1.29, 1.82) is 0 Å². The molecule has 0 aliphatic carbocycles. The highest BCUT2D eigenvalue weighted by molar-refractivity contribution is 7.89. The molecule has 0 fully saturated rings. The number of benzene rings is 2. The Morgan fingerprint density at radius 2 is 1.75 bits per heavy atom. The van der Waals surface area contributed by atoms with Crippen LogP contribution in [0, 0.1) is 11.7 Å². The molecule has 0 amide bonds. The molecule has 0 aliphatic rings. The van der Waals surface area contributed by atoms with Gasteiger partial charge in [-0.3, -0.25) is 0 Å². The van der Waals surface area contributed by atoms with Crippen LogP contribution in [0.3, 0.4) is 0 Å². The Morgan fingerprint density at radius 1 is 1.08 bits per heavy atom. The Labute approximate surface area is 142 Å². The number of rotatable bonds is 9. The Hall–Kier alpha value is -1.92. The molecule has 2 rings (SSSR count). The molecule has 0 saturated heterocycles. The number of sulfonamides is 1. The van der Waals surface area contributed by atoms with Crippen molar-refractivity contribution in [3.05, 3.63) is 66.0 Å². The van der Waals surface area contributed by atoms with Crippen molar-refractivity contribution >= 4 is 10.0 Å². The van der Waals surface area contributed by atoms with Crippen molar-refractivity contribution < 1.29 is 17.5 Å². The Balaban J connectivity index is 1.71. The average molecular weight is 351 g/mol. The molecule has 6 heteroatoms. The van der Waals surface area contributed by atoms with Crippen LogP contribution in [-0.4, -0.2) is 27.3 Å². The van der Waals surface area contributed by atoms with Crippen molar-refractivity contribution in [3.63, 3.8) is 0 Å². The molecular weight excluding hydrogens is 329 g/mol. The van der Waals surface area contributed by atoms with Gasteiger partial charge in [0.05, 0.1) is 5.75 Å². The third kappa shape index (κ3) is 6.68. The van der Waals surface area contributed by atoms with E-state index < -0.39 is 10.0 Å². The molecule has 0 spiro atoms. The standard InChI is InChI=1S/C18H22FNO3S/c1-15(13-16-5-3-2-4-6-16)14-20-24(21,22)12-11-23-18-9-7-17(19)8-10-18/h2-10,15,20H,11-14H2,1H3. The fourth-order valence-electron chi connectivity index (χ4n) is 2.23. The maximum Gasteiger partial charge on any atom is 0.214 e. The minimum Gasteiger partial charge on any atom is -0.492 e. The van der Waals surface area contributed by atoms with Gasteiger partial charge < -0.3 is 4.74 Å². The highest BCUT2D eigenvalue weighted by Crippen LogP contribution is 2.11. The number of nitrogens with one attached hydrogen (secondary N) is 1. The third-order valence-corrected chi connectivity index (χ3v) is 4.82. The summed E-state index contributed by atoms with van der Waals surface area (Å²) >= 11 is 0. The highest BCUT2D eigenvalue weighted by Gasteiger charge is 2.13. The van der Waals surface area contributed by atoms with Crippen LogP contribution in [0.1, 0.15) is 12.5 Å². The zero-order chi connectivity index (χ0) is 17.4. The largest absolute Gasteiger partial charge is 0.492 e. The lowest BCUT2D eigenvalue weighted by Gasteiger charge is -2.13. The van der Waals surface area contributed by atoms with Crippen LogP contribution in [0.15, 0.2) is 54.6 Å². The Morgan fingerprint density at radius 3 is 2.42 bits per heavy atom. The van der Waals surface area contributed by atoms with Crippen molar-refractivity contribution in [2.24, 2.45) is 5.92 Å². The first-order chi connectivity index (χ1) is 11.4. The van der Waals surface area contributed by atoms with Crippen LogP contribution in [0.2, 0.25) is 0 Å². The zero-order valence-electron chi connectivity index (χ0n) is 13.6. The van der Waals surface area contributed by atoms with Gasteiger partial charge in [0.2, 0.25) is 10.0 Å². The molecule has 0 aromatic heterocycles. The first-order valence-electron chi connectivity index (χ1n) is 7.84. The van der Waals surface area contributed by atoms with Crippen molar-refractivity contribution in [2.75, 3.05) is 18.9 Å². The van der Waals surface area contributed by atoms with Crippen molar-refractivity contribution in [3.8, 4) is 5.75 Å². The van der Waals surface area contributed by atoms with Crippen LogP contribution in [0.25, 0.3) is 0 Å². The van der Waals surface area contributed by atoms with Gasteiger partial charge in [0.15, 0.2) is 0 Å². The SMILES string of the molecule is CC(CNS(=O)(=O)CCOc1ccc(F)cc1)Cc1ccccc1. The lowest BCUT2D eigenvalue weighted by molar-refractivity contribution is 0.339. The van der Waals surface area contributed by atoms with E-state index in [2.05, 4.69) is 4.72 Å². The van der Waals surface area contributed by atoms with Gasteiger partial charge >= 0.3 is 0 Å². The van der Waals surface area contributed by atoms with Gasteiger partial charge in [-0.1, -0.05) is 37.3 Å². The molecule has 0 bridgehead atoms. The summed E-state index contributed by atoms with van der Waals surface area (Å²) in [6, 6.07) is 15.4. The Kier molecular flexibility index (Phi) is 6.75. The van der Waals surface area contributed by atoms with Gasteiger partial charge in [-0.25, -0.2) is 17.5 Å². The smallest absolute Gasteiger partial charge is 0.214 e. The molecule has 0 aliphatic heterocycles. The van der Waals surface area contributed by atoms with Gasteiger partial charge in [-0.05, 0) is 42.2 Å². The van der Waals surface area contributed by atoms with E-state index >= 15 is 0 Å². The molecule has 0 radical (unpaired) electrons. The molecule has 2 aromatic rings. The monoisotopic (exact) mass is 351 g/mol. The second kappa shape index (κ2) is 8.80. The van der Waals surface area contributed by atoms with Crippen molar-refractivity contribution in [2.45, 2.75) is 13.3 Å². The zero-order valence-corrected chi connectivity index (χ0v) is 14.4. The quantitative estimate of drug-likeness (QED) is 0.756. The van der Waals surface area contributed by atoms with E-state index in [-0.39, 0.29) is 24.1 Å². The molecule has 0 saturated carbocycles. The van der Waals surface area contributed by atoms with Crippen molar-refractivity contribution in [1.82, 2.24) is 4.72 Å². The second-order valence-corrected chi connectivity index (χ2v) is 7.69. The number of halogens is 1.